The Kier molecular flexibility index (Phi) is 3.87. The lowest BCUT2D eigenvalue weighted by atomic mass is 9.98. The highest BCUT2D eigenvalue weighted by Gasteiger charge is 2.19. The number of carbonyl (C=O) groups is 1. The zero-order valence-electron chi connectivity index (χ0n) is 11.5. The summed E-state index contributed by atoms with van der Waals surface area (Å²) in [4.78, 5) is 16.5. The molecular formula is C17H15N3O. The molecule has 3 aromatic rings. The molecule has 0 radical (unpaired) electrons. The average molecular weight is 277 g/mol. The second-order valence-corrected chi connectivity index (χ2v) is 4.80. The van der Waals surface area contributed by atoms with Crippen LogP contribution < -0.4 is 0 Å². The molecule has 1 heterocycles. The van der Waals surface area contributed by atoms with E-state index in [4.69, 9.17) is 0 Å². The van der Waals surface area contributed by atoms with Crippen LogP contribution in [0.2, 0.25) is 0 Å². The Balaban J connectivity index is 1.89. The van der Waals surface area contributed by atoms with Crippen LogP contribution in [0, 0.1) is 0 Å². The van der Waals surface area contributed by atoms with Crippen molar-refractivity contribution >= 4 is 5.78 Å². The largest absolute Gasteiger partial charge is 0.294 e. The fraction of sp³-hybridized carbons (Fsp3) is 0.118. The average Bonchev–Trinajstić information content (AvgIpc) is 3.08. The van der Waals surface area contributed by atoms with Crippen molar-refractivity contribution in [2.75, 3.05) is 0 Å². The second kappa shape index (κ2) is 6.13. The van der Waals surface area contributed by atoms with E-state index < -0.39 is 0 Å². The van der Waals surface area contributed by atoms with E-state index in [1.54, 1.807) is 11.0 Å². The Morgan fingerprint density at radius 1 is 1.00 bits per heavy atom. The van der Waals surface area contributed by atoms with Crippen molar-refractivity contribution in [3.63, 3.8) is 0 Å². The van der Waals surface area contributed by atoms with Gasteiger partial charge in [-0.1, -0.05) is 60.7 Å². The monoisotopic (exact) mass is 277 g/mol. The van der Waals surface area contributed by atoms with Gasteiger partial charge in [0.2, 0.25) is 0 Å². The van der Waals surface area contributed by atoms with Gasteiger partial charge in [0.15, 0.2) is 5.78 Å². The van der Waals surface area contributed by atoms with Gasteiger partial charge >= 0.3 is 0 Å². The molecule has 1 unspecified atom stereocenters. The molecule has 3 rings (SSSR count). The number of Topliss-reactive ketones (excluding diaryl/α,β-unsaturated/α-hetero) is 1. The maximum absolute atomic E-state index is 12.5. The van der Waals surface area contributed by atoms with Gasteiger partial charge in [0.1, 0.15) is 12.7 Å². The summed E-state index contributed by atoms with van der Waals surface area (Å²) < 4.78 is 1.73. The minimum absolute atomic E-state index is 0.0972. The van der Waals surface area contributed by atoms with Crippen molar-refractivity contribution in [3.8, 4) is 0 Å². The van der Waals surface area contributed by atoms with Gasteiger partial charge in [-0.15, -0.1) is 0 Å². The Hall–Kier alpha value is -2.75. The standard InChI is InChI=1S/C17H15N3O/c21-17(15-9-5-2-6-10-15)11-16(20-13-18-12-19-20)14-7-3-1-4-8-14/h1-10,12-13,16H,11H2. The summed E-state index contributed by atoms with van der Waals surface area (Å²) in [7, 11) is 0. The molecule has 21 heavy (non-hydrogen) atoms. The topological polar surface area (TPSA) is 47.8 Å². The Labute approximate surface area is 123 Å². The van der Waals surface area contributed by atoms with Crippen molar-refractivity contribution in [3.05, 3.63) is 84.4 Å². The molecule has 1 atom stereocenters. The summed E-state index contributed by atoms with van der Waals surface area (Å²) in [6, 6.07) is 19.1. The molecule has 0 spiro atoms. The first-order valence-electron chi connectivity index (χ1n) is 6.82. The third-order valence-electron chi connectivity index (χ3n) is 3.41. The highest BCUT2D eigenvalue weighted by atomic mass is 16.1. The molecule has 1 aromatic heterocycles. The number of hydrogen-bond acceptors (Lipinski definition) is 3. The molecule has 0 bridgehead atoms. The van der Waals surface area contributed by atoms with E-state index >= 15 is 0 Å². The van der Waals surface area contributed by atoms with Gasteiger partial charge in [-0.25, -0.2) is 9.67 Å². The van der Waals surface area contributed by atoms with Gasteiger partial charge in [0, 0.05) is 12.0 Å². The van der Waals surface area contributed by atoms with Crippen LogP contribution in [-0.4, -0.2) is 20.5 Å². The molecule has 0 aliphatic carbocycles. The van der Waals surface area contributed by atoms with Gasteiger partial charge in [-0.2, -0.15) is 5.10 Å². The van der Waals surface area contributed by atoms with Crippen LogP contribution in [0.15, 0.2) is 73.3 Å². The fourth-order valence-corrected chi connectivity index (χ4v) is 2.34. The molecule has 0 aliphatic rings. The first-order valence-corrected chi connectivity index (χ1v) is 6.82. The zero-order valence-corrected chi connectivity index (χ0v) is 11.5. The van der Waals surface area contributed by atoms with E-state index in [1.807, 2.05) is 60.7 Å². The zero-order chi connectivity index (χ0) is 14.5. The molecule has 4 nitrogen and oxygen atoms in total. The first-order chi connectivity index (χ1) is 10.3. The molecular weight excluding hydrogens is 262 g/mol. The normalized spacial score (nSPS) is 12.0. The molecule has 4 heteroatoms. The third kappa shape index (κ3) is 3.05. The number of rotatable bonds is 5. The number of hydrogen-bond donors (Lipinski definition) is 0. The van der Waals surface area contributed by atoms with E-state index in [0.717, 1.165) is 11.1 Å². The third-order valence-corrected chi connectivity index (χ3v) is 3.41. The number of benzene rings is 2. The number of ketones is 1. The van der Waals surface area contributed by atoms with E-state index in [9.17, 15) is 4.79 Å². The minimum Gasteiger partial charge on any atom is -0.294 e. The summed E-state index contributed by atoms with van der Waals surface area (Å²) in [6.07, 6.45) is 3.50. The lowest BCUT2D eigenvalue weighted by Gasteiger charge is -2.16. The van der Waals surface area contributed by atoms with Crippen molar-refractivity contribution in [2.45, 2.75) is 12.5 Å². The van der Waals surface area contributed by atoms with Crippen LogP contribution in [-0.2, 0) is 0 Å². The SMILES string of the molecule is O=C(CC(c1ccccc1)n1cncn1)c1ccccc1. The van der Waals surface area contributed by atoms with Gasteiger partial charge in [-0.05, 0) is 5.56 Å². The highest BCUT2D eigenvalue weighted by molar-refractivity contribution is 5.96. The second-order valence-electron chi connectivity index (χ2n) is 4.80. The highest BCUT2D eigenvalue weighted by Crippen LogP contribution is 2.22. The lowest BCUT2D eigenvalue weighted by Crippen LogP contribution is -2.16. The molecule has 0 amide bonds. The van der Waals surface area contributed by atoms with Gasteiger partial charge in [0.05, 0.1) is 6.04 Å². The van der Waals surface area contributed by atoms with Crippen LogP contribution in [0.4, 0.5) is 0 Å². The van der Waals surface area contributed by atoms with Crippen molar-refractivity contribution in [1.29, 1.82) is 0 Å². The van der Waals surface area contributed by atoms with Crippen LogP contribution in [0.1, 0.15) is 28.4 Å². The van der Waals surface area contributed by atoms with Gasteiger partial charge in [-0.3, -0.25) is 4.79 Å². The summed E-state index contributed by atoms with van der Waals surface area (Å²) in [5, 5.41) is 4.19. The Morgan fingerprint density at radius 3 is 2.29 bits per heavy atom. The number of carbonyl (C=O) groups excluding carboxylic acids is 1. The van der Waals surface area contributed by atoms with Crippen LogP contribution in [0.3, 0.4) is 0 Å². The maximum atomic E-state index is 12.5. The predicted octanol–water partition coefficient (Wildman–Crippen LogP) is 3.14. The van der Waals surface area contributed by atoms with Crippen molar-refractivity contribution in [2.24, 2.45) is 0 Å². The first kappa shape index (κ1) is 13.2. The molecule has 0 saturated heterocycles. The van der Waals surface area contributed by atoms with Crippen LogP contribution in [0.25, 0.3) is 0 Å². The van der Waals surface area contributed by atoms with E-state index in [2.05, 4.69) is 10.1 Å². The summed E-state index contributed by atoms with van der Waals surface area (Å²) in [5.41, 5.74) is 1.77. The fourth-order valence-electron chi connectivity index (χ4n) is 2.34. The van der Waals surface area contributed by atoms with Crippen molar-refractivity contribution < 1.29 is 4.79 Å². The number of nitrogens with zero attached hydrogens (tertiary/aromatic N) is 3. The van der Waals surface area contributed by atoms with E-state index in [1.165, 1.54) is 6.33 Å². The van der Waals surface area contributed by atoms with Crippen LogP contribution >= 0.6 is 0 Å². The quantitative estimate of drug-likeness (QED) is 0.673. The van der Waals surface area contributed by atoms with E-state index in [0.29, 0.717) is 6.42 Å². The summed E-state index contributed by atoms with van der Waals surface area (Å²) >= 11 is 0. The smallest absolute Gasteiger partial charge is 0.165 e. The lowest BCUT2D eigenvalue weighted by molar-refractivity contribution is 0.0967. The molecule has 104 valence electrons. The minimum atomic E-state index is -0.138. The molecule has 0 saturated carbocycles. The summed E-state index contributed by atoms with van der Waals surface area (Å²) in [6.45, 7) is 0. The maximum Gasteiger partial charge on any atom is 0.165 e. The predicted molar refractivity (Wildman–Crippen MR) is 80.0 cm³/mol. The number of aromatic nitrogens is 3. The molecule has 0 N–H and O–H groups in total. The Morgan fingerprint density at radius 2 is 1.67 bits per heavy atom. The molecule has 0 aliphatic heterocycles. The van der Waals surface area contributed by atoms with Gasteiger partial charge < -0.3 is 0 Å². The summed E-state index contributed by atoms with van der Waals surface area (Å²) in [5.74, 6) is 0.0972. The molecule has 0 fully saturated rings. The van der Waals surface area contributed by atoms with E-state index in [-0.39, 0.29) is 11.8 Å². The van der Waals surface area contributed by atoms with Crippen LogP contribution in [0.5, 0.6) is 0 Å². The van der Waals surface area contributed by atoms with Crippen molar-refractivity contribution in [1.82, 2.24) is 14.8 Å². The van der Waals surface area contributed by atoms with Gasteiger partial charge in [0.25, 0.3) is 0 Å². The molecule has 2 aromatic carbocycles. The Bertz CT molecular complexity index is 693.